The van der Waals surface area contributed by atoms with Gasteiger partial charge in [-0.05, 0) is 18.2 Å². The zero-order valence-corrected chi connectivity index (χ0v) is 11.3. The number of nitrogens with one attached hydrogen (secondary N) is 1. The van der Waals surface area contributed by atoms with Crippen LogP contribution in [0.1, 0.15) is 6.92 Å². The molecule has 5 N–H and O–H groups in total. The van der Waals surface area contributed by atoms with Gasteiger partial charge in [-0.1, -0.05) is 22.9 Å². The van der Waals surface area contributed by atoms with Crippen molar-refractivity contribution in [2.75, 3.05) is 11.5 Å². The van der Waals surface area contributed by atoms with Crippen molar-refractivity contribution in [2.24, 2.45) is 11.8 Å². The summed E-state index contributed by atoms with van der Waals surface area (Å²) in [6.07, 6.45) is 0. The second-order valence-electron chi connectivity index (χ2n) is 3.40. The average molecular weight is 304 g/mol. The Morgan fingerprint density at radius 3 is 2.94 bits per heavy atom. The largest absolute Gasteiger partial charge is 0.398 e. The predicted octanol–water partition coefficient (Wildman–Crippen LogP) is 1.75. The highest BCUT2D eigenvalue weighted by molar-refractivity contribution is 9.10. The first kappa shape index (κ1) is 13.3. The number of amides is 1. The third-order valence-corrected chi connectivity index (χ3v) is 3.88. The highest BCUT2D eigenvalue weighted by Crippen LogP contribution is 2.29. The van der Waals surface area contributed by atoms with Gasteiger partial charge in [0.05, 0.1) is 0 Å². The van der Waals surface area contributed by atoms with Gasteiger partial charge >= 0.3 is 0 Å². The van der Waals surface area contributed by atoms with Crippen LogP contribution in [0.2, 0.25) is 0 Å². The number of benzene rings is 1. The molecule has 88 valence electrons. The number of halogens is 1. The molecule has 0 aliphatic heterocycles. The standard InChI is InChI=1S/C10H14BrN3OS/c1-6(10(15)14-13)5-16-9-4-7(11)2-3-8(9)12/h2-4,6H,5,12-13H2,1H3,(H,14,15). The van der Waals surface area contributed by atoms with Crippen molar-refractivity contribution in [1.82, 2.24) is 5.43 Å². The first-order valence-electron chi connectivity index (χ1n) is 4.73. The fraction of sp³-hybridized carbons (Fsp3) is 0.300. The fourth-order valence-corrected chi connectivity index (χ4v) is 2.60. The van der Waals surface area contributed by atoms with Crippen molar-refractivity contribution in [2.45, 2.75) is 11.8 Å². The Labute approximate surface area is 107 Å². The molecular formula is C10H14BrN3OS. The number of hydrazine groups is 1. The number of nitrogens with two attached hydrogens (primary N) is 2. The predicted molar refractivity (Wildman–Crippen MR) is 70.8 cm³/mol. The summed E-state index contributed by atoms with van der Waals surface area (Å²) in [7, 11) is 0. The van der Waals surface area contributed by atoms with Crippen LogP contribution in [0.25, 0.3) is 0 Å². The van der Waals surface area contributed by atoms with E-state index >= 15 is 0 Å². The van der Waals surface area contributed by atoms with Gasteiger partial charge in [0, 0.05) is 26.7 Å². The Bertz CT molecular complexity index is 386. The highest BCUT2D eigenvalue weighted by atomic mass is 79.9. The molecule has 0 bridgehead atoms. The molecule has 0 aliphatic rings. The third kappa shape index (κ3) is 3.70. The zero-order valence-electron chi connectivity index (χ0n) is 8.87. The minimum atomic E-state index is -0.166. The summed E-state index contributed by atoms with van der Waals surface area (Å²) in [6, 6.07) is 5.66. The first-order valence-corrected chi connectivity index (χ1v) is 6.50. The van der Waals surface area contributed by atoms with E-state index in [-0.39, 0.29) is 11.8 Å². The summed E-state index contributed by atoms with van der Waals surface area (Å²) >= 11 is 4.92. The molecule has 0 heterocycles. The molecule has 1 aromatic carbocycles. The average Bonchev–Trinajstić information content (AvgIpc) is 2.28. The zero-order chi connectivity index (χ0) is 12.1. The Morgan fingerprint density at radius 1 is 1.62 bits per heavy atom. The van der Waals surface area contributed by atoms with Gasteiger partial charge in [-0.2, -0.15) is 0 Å². The van der Waals surface area contributed by atoms with Crippen molar-refractivity contribution < 1.29 is 4.79 Å². The Hall–Kier alpha value is -0.720. The van der Waals surface area contributed by atoms with Gasteiger partial charge in [-0.15, -0.1) is 11.8 Å². The maximum Gasteiger partial charge on any atom is 0.237 e. The van der Waals surface area contributed by atoms with Crippen LogP contribution in [0.15, 0.2) is 27.6 Å². The van der Waals surface area contributed by atoms with Crippen LogP contribution in [0.5, 0.6) is 0 Å². The number of rotatable bonds is 4. The van der Waals surface area contributed by atoms with E-state index in [4.69, 9.17) is 11.6 Å². The van der Waals surface area contributed by atoms with Gasteiger partial charge in [0.2, 0.25) is 5.91 Å². The van der Waals surface area contributed by atoms with E-state index in [1.165, 1.54) is 0 Å². The van der Waals surface area contributed by atoms with Gasteiger partial charge in [-0.25, -0.2) is 5.84 Å². The lowest BCUT2D eigenvalue weighted by Gasteiger charge is -2.10. The molecule has 1 unspecified atom stereocenters. The molecule has 1 rings (SSSR count). The van der Waals surface area contributed by atoms with Crippen LogP contribution in [0.3, 0.4) is 0 Å². The lowest BCUT2D eigenvalue weighted by molar-refractivity contribution is -0.123. The fourth-order valence-electron chi connectivity index (χ4n) is 1.07. The Kier molecular flexibility index (Phi) is 5.11. The second-order valence-corrected chi connectivity index (χ2v) is 5.38. The van der Waals surface area contributed by atoms with E-state index in [0.29, 0.717) is 11.4 Å². The number of carbonyl (C=O) groups is 1. The molecule has 4 nitrogen and oxygen atoms in total. The molecule has 16 heavy (non-hydrogen) atoms. The van der Waals surface area contributed by atoms with E-state index in [0.717, 1.165) is 9.37 Å². The molecule has 0 aliphatic carbocycles. The smallest absolute Gasteiger partial charge is 0.237 e. The summed E-state index contributed by atoms with van der Waals surface area (Å²) in [5.74, 6) is 5.39. The lowest BCUT2D eigenvalue weighted by atomic mass is 10.2. The molecule has 0 radical (unpaired) electrons. The molecule has 0 spiro atoms. The lowest BCUT2D eigenvalue weighted by Crippen LogP contribution is -2.35. The molecule has 0 aromatic heterocycles. The van der Waals surface area contributed by atoms with E-state index in [1.54, 1.807) is 11.8 Å². The number of nitrogen functional groups attached to an aromatic ring is 1. The molecule has 6 heteroatoms. The van der Waals surface area contributed by atoms with E-state index in [2.05, 4.69) is 21.4 Å². The summed E-state index contributed by atoms with van der Waals surface area (Å²) in [4.78, 5) is 12.2. The van der Waals surface area contributed by atoms with Crippen LogP contribution >= 0.6 is 27.7 Å². The molecule has 0 saturated carbocycles. The maximum atomic E-state index is 11.2. The first-order chi connectivity index (χ1) is 7.54. The third-order valence-electron chi connectivity index (χ3n) is 2.05. The van der Waals surface area contributed by atoms with Crippen molar-refractivity contribution in [3.8, 4) is 0 Å². The molecule has 1 atom stereocenters. The summed E-state index contributed by atoms with van der Waals surface area (Å²) in [5, 5.41) is 0. The van der Waals surface area contributed by atoms with Crippen molar-refractivity contribution in [3.63, 3.8) is 0 Å². The number of anilines is 1. The van der Waals surface area contributed by atoms with E-state index in [1.807, 2.05) is 25.1 Å². The monoisotopic (exact) mass is 303 g/mol. The Balaban J connectivity index is 2.60. The minimum Gasteiger partial charge on any atom is -0.398 e. The normalized spacial score (nSPS) is 12.2. The molecule has 0 fully saturated rings. The molecular weight excluding hydrogens is 290 g/mol. The SMILES string of the molecule is CC(CSc1cc(Br)ccc1N)C(=O)NN. The molecule has 0 saturated heterocycles. The van der Waals surface area contributed by atoms with Gasteiger partial charge in [0.15, 0.2) is 0 Å². The van der Waals surface area contributed by atoms with Crippen molar-refractivity contribution in [3.05, 3.63) is 22.7 Å². The van der Waals surface area contributed by atoms with E-state index < -0.39 is 0 Å². The minimum absolute atomic E-state index is 0.145. The second kappa shape index (κ2) is 6.12. The quantitative estimate of drug-likeness (QED) is 0.260. The van der Waals surface area contributed by atoms with Crippen molar-refractivity contribution >= 4 is 39.3 Å². The van der Waals surface area contributed by atoms with Crippen LogP contribution in [0.4, 0.5) is 5.69 Å². The number of hydrogen-bond acceptors (Lipinski definition) is 4. The number of hydrogen-bond donors (Lipinski definition) is 3. The van der Waals surface area contributed by atoms with Gasteiger partial charge < -0.3 is 5.73 Å². The molecule has 1 amide bonds. The number of thioether (sulfide) groups is 1. The summed E-state index contributed by atoms with van der Waals surface area (Å²) < 4.78 is 0.972. The van der Waals surface area contributed by atoms with Crippen LogP contribution in [0, 0.1) is 5.92 Å². The van der Waals surface area contributed by atoms with Gasteiger partial charge in [0.1, 0.15) is 0 Å². The van der Waals surface area contributed by atoms with Crippen LogP contribution < -0.4 is 17.0 Å². The number of carbonyl (C=O) groups excluding carboxylic acids is 1. The van der Waals surface area contributed by atoms with Crippen LogP contribution in [-0.4, -0.2) is 11.7 Å². The topological polar surface area (TPSA) is 81.1 Å². The van der Waals surface area contributed by atoms with Crippen LogP contribution in [-0.2, 0) is 4.79 Å². The van der Waals surface area contributed by atoms with Gasteiger partial charge in [0.25, 0.3) is 0 Å². The summed E-state index contributed by atoms with van der Waals surface area (Å²) in [5.41, 5.74) is 8.67. The maximum absolute atomic E-state index is 11.2. The van der Waals surface area contributed by atoms with E-state index in [9.17, 15) is 4.79 Å². The molecule has 1 aromatic rings. The van der Waals surface area contributed by atoms with Crippen molar-refractivity contribution in [1.29, 1.82) is 0 Å². The highest BCUT2D eigenvalue weighted by Gasteiger charge is 2.12. The summed E-state index contributed by atoms with van der Waals surface area (Å²) in [6.45, 7) is 1.82. The van der Waals surface area contributed by atoms with Gasteiger partial charge in [-0.3, -0.25) is 10.2 Å². The Morgan fingerprint density at radius 2 is 2.31 bits per heavy atom.